The number of hydrogen-bond acceptors (Lipinski definition) is 5. The van der Waals surface area contributed by atoms with Crippen molar-refractivity contribution < 1.29 is 18.8 Å². The van der Waals surface area contributed by atoms with E-state index in [0.29, 0.717) is 13.1 Å². The summed E-state index contributed by atoms with van der Waals surface area (Å²) in [7, 11) is -0.419. The van der Waals surface area contributed by atoms with Crippen molar-refractivity contribution >= 4 is 18.7 Å². The number of aromatic nitrogens is 2. The van der Waals surface area contributed by atoms with Gasteiger partial charge in [0, 0.05) is 30.9 Å². The number of likely N-dealkylation sites (tertiary alicyclic amines) is 1. The first-order valence-electron chi connectivity index (χ1n) is 9.26. The van der Waals surface area contributed by atoms with Gasteiger partial charge in [0.05, 0.1) is 17.2 Å². The van der Waals surface area contributed by atoms with E-state index in [-0.39, 0.29) is 23.3 Å². The molecule has 3 rings (SSSR count). The zero-order chi connectivity index (χ0) is 19.3. The number of rotatable bonds is 2. The molecule has 0 aliphatic carbocycles. The van der Waals surface area contributed by atoms with Gasteiger partial charge in [0.25, 0.3) is 0 Å². The summed E-state index contributed by atoms with van der Waals surface area (Å²) in [6, 6.07) is 0.138. The van der Waals surface area contributed by atoms with Crippen LogP contribution in [0.15, 0.2) is 12.4 Å². The van der Waals surface area contributed by atoms with Gasteiger partial charge in [-0.1, -0.05) is 0 Å². The van der Waals surface area contributed by atoms with E-state index in [0.717, 1.165) is 11.9 Å². The Morgan fingerprint density at radius 1 is 1.27 bits per heavy atom. The lowest BCUT2D eigenvalue weighted by molar-refractivity contribution is 0.00578. The highest BCUT2D eigenvalue weighted by Gasteiger charge is 2.52. The zero-order valence-electron chi connectivity index (χ0n) is 16.9. The summed E-state index contributed by atoms with van der Waals surface area (Å²) in [5, 5.41) is 4.48. The minimum absolute atomic E-state index is 0.138. The van der Waals surface area contributed by atoms with E-state index in [1.54, 1.807) is 11.1 Å². The highest BCUT2D eigenvalue weighted by molar-refractivity contribution is 6.62. The second kappa shape index (κ2) is 6.27. The van der Waals surface area contributed by atoms with E-state index >= 15 is 0 Å². The Morgan fingerprint density at radius 3 is 2.46 bits per heavy atom. The van der Waals surface area contributed by atoms with Crippen LogP contribution < -0.4 is 5.46 Å². The van der Waals surface area contributed by atoms with Crippen molar-refractivity contribution in [2.75, 3.05) is 13.1 Å². The minimum Gasteiger partial charge on any atom is -0.444 e. The molecular weight excluding hydrogens is 333 g/mol. The summed E-state index contributed by atoms with van der Waals surface area (Å²) >= 11 is 0. The minimum atomic E-state index is -0.481. The van der Waals surface area contributed by atoms with Crippen LogP contribution in [0, 0.1) is 0 Å². The molecule has 1 aromatic rings. The van der Waals surface area contributed by atoms with Gasteiger partial charge in [0.2, 0.25) is 0 Å². The van der Waals surface area contributed by atoms with Crippen molar-refractivity contribution in [1.82, 2.24) is 14.7 Å². The van der Waals surface area contributed by atoms with Crippen LogP contribution in [0.2, 0.25) is 0 Å². The van der Waals surface area contributed by atoms with Crippen LogP contribution in [0.5, 0.6) is 0 Å². The average Bonchev–Trinajstić information content (AvgIpc) is 3.16. The predicted octanol–water partition coefficient (Wildman–Crippen LogP) is 2.36. The van der Waals surface area contributed by atoms with Crippen LogP contribution in [0.1, 0.15) is 60.9 Å². The number of hydrogen-bond donors (Lipinski definition) is 0. The van der Waals surface area contributed by atoms with E-state index in [2.05, 4.69) is 5.10 Å². The Kier molecular flexibility index (Phi) is 4.64. The van der Waals surface area contributed by atoms with Gasteiger partial charge < -0.3 is 18.9 Å². The molecule has 1 aromatic heterocycles. The summed E-state index contributed by atoms with van der Waals surface area (Å²) in [6.07, 6.45) is 4.34. The van der Waals surface area contributed by atoms with Crippen molar-refractivity contribution in [3.63, 3.8) is 0 Å². The number of amides is 1. The number of nitrogens with zero attached hydrogens (tertiary/aromatic N) is 3. The summed E-state index contributed by atoms with van der Waals surface area (Å²) in [6.45, 7) is 15.0. The van der Waals surface area contributed by atoms with Crippen molar-refractivity contribution in [3.05, 3.63) is 12.4 Å². The van der Waals surface area contributed by atoms with Crippen LogP contribution in [-0.2, 0) is 14.0 Å². The predicted molar refractivity (Wildman–Crippen MR) is 99.4 cm³/mol. The highest BCUT2D eigenvalue weighted by atomic mass is 16.7. The molecule has 1 amide bonds. The lowest BCUT2D eigenvalue weighted by atomic mass is 9.82. The summed E-state index contributed by atoms with van der Waals surface area (Å²) < 4.78 is 19.5. The monoisotopic (exact) mass is 363 g/mol. The molecule has 0 radical (unpaired) electrons. The first-order valence-corrected chi connectivity index (χ1v) is 9.26. The molecule has 8 heteroatoms. The SMILES string of the molecule is CC(C)(C)OC(=O)N1CCC(n2cc(B3OC(C)(C)C(C)(C)O3)cn2)C1. The van der Waals surface area contributed by atoms with E-state index in [1.807, 2.05) is 59.3 Å². The first-order chi connectivity index (χ1) is 11.9. The Labute approximate surface area is 156 Å². The fraction of sp³-hybridized carbons (Fsp3) is 0.778. The fourth-order valence-electron chi connectivity index (χ4n) is 3.10. The lowest BCUT2D eigenvalue weighted by Gasteiger charge is -2.32. The standard InChI is InChI=1S/C18H30BN3O4/c1-16(2,3)24-15(23)21-9-8-14(12-21)22-11-13(10-20-22)19-25-17(4,5)18(6,7)26-19/h10-11,14H,8-9,12H2,1-7H3. The number of carbonyl (C=O) groups is 1. The summed E-state index contributed by atoms with van der Waals surface area (Å²) in [4.78, 5) is 14.0. The smallest absolute Gasteiger partial charge is 0.444 e. The Morgan fingerprint density at radius 2 is 1.88 bits per heavy atom. The Balaban J connectivity index is 1.64. The van der Waals surface area contributed by atoms with Gasteiger partial charge in [0.1, 0.15) is 5.60 Å². The van der Waals surface area contributed by atoms with Crippen molar-refractivity contribution in [3.8, 4) is 0 Å². The number of carbonyl (C=O) groups excluding carboxylic acids is 1. The van der Waals surface area contributed by atoms with Crippen LogP contribution in [0.4, 0.5) is 4.79 Å². The van der Waals surface area contributed by atoms with Gasteiger partial charge in [0.15, 0.2) is 0 Å². The maximum atomic E-state index is 12.2. The average molecular weight is 363 g/mol. The molecule has 2 fully saturated rings. The van der Waals surface area contributed by atoms with E-state index in [1.165, 1.54) is 0 Å². The van der Waals surface area contributed by atoms with E-state index in [4.69, 9.17) is 14.0 Å². The quantitative estimate of drug-likeness (QED) is 0.755. The highest BCUT2D eigenvalue weighted by Crippen LogP contribution is 2.36. The van der Waals surface area contributed by atoms with Crippen LogP contribution >= 0.6 is 0 Å². The molecule has 26 heavy (non-hydrogen) atoms. The topological polar surface area (TPSA) is 65.8 Å². The van der Waals surface area contributed by atoms with Crippen LogP contribution in [0.25, 0.3) is 0 Å². The molecule has 0 N–H and O–H groups in total. The van der Waals surface area contributed by atoms with E-state index in [9.17, 15) is 4.79 Å². The molecule has 2 aliphatic heterocycles. The molecule has 0 saturated carbocycles. The fourth-order valence-corrected chi connectivity index (χ4v) is 3.10. The third-order valence-corrected chi connectivity index (χ3v) is 5.34. The second-order valence-corrected chi connectivity index (χ2v) is 9.21. The maximum absolute atomic E-state index is 12.2. The molecule has 1 unspecified atom stereocenters. The molecule has 0 spiro atoms. The van der Waals surface area contributed by atoms with Gasteiger partial charge >= 0.3 is 13.2 Å². The molecule has 2 saturated heterocycles. The molecular formula is C18H30BN3O4. The molecule has 1 atom stereocenters. The lowest BCUT2D eigenvalue weighted by Crippen LogP contribution is -2.41. The van der Waals surface area contributed by atoms with Crippen molar-refractivity contribution in [2.45, 2.75) is 77.7 Å². The Hall–Kier alpha value is -1.54. The van der Waals surface area contributed by atoms with E-state index < -0.39 is 12.7 Å². The third-order valence-electron chi connectivity index (χ3n) is 5.34. The van der Waals surface area contributed by atoms with Crippen LogP contribution in [-0.4, -0.2) is 57.8 Å². The first kappa shape index (κ1) is 19.2. The van der Waals surface area contributed by atoms with Gasteiger partial charge in [-0.15, -0.1) is 0 Å². The third kappa shape index (κ3) is 3.76. The molecule has 144 valence electrons. The van der Waals surface area contributed by atoms with Crippen molar-refractivity contribution in [1.29, 1.82) is 0 Å². The molecule has 7 nitrogen and oxygen atoms in total. The Bertz CT molecular complexity index is 664. The van der Waals surface area contributed by atoms with Gasteiger partial charge in [-0.3, -0.25) is 4.68 Å². The largest absolute Gasteiger partial charge is 0.498 e. The van der Waals surface area contributed by atoms with Crippen LogP contribution in [0.3, 0.4) is 0 Å². The molecule has 2 aliphatic rings. The summed E-state index contributed by atoms with van der Waals surface area (Å²) in [5.41, 5.74) is -0.328. The molecule has 3 heterocycles. The van der Waals surface area contributed by atoms with Gasteiger partial charge in [-0.25, -0.2) is 4.79 Å². The normalized spacial score (nSPS) is 25.0. The molecule has 0 aromatic carbocycles. The second-order valence-electron chi connectivity index (χ2n) is 9.21. The zero-order valence-corrected chi connectivity index (χ0v) is 16.9. The van der Waals surface area contributed by atoms with Gasteiger partial charge in [-0.2, -0.15) is 5.10 Å². The maximum Gasteiger partial charge on any atom is 0.498 e. The molecule has 0 bridgehead atoms. The number of ether oxygens (including phenoxy) is 1. The van der Waals surface area contributed by atoms with Gasteiger partial charge in [-0.05, 0) is 54.9 Å². The summed E-state index contributed by atoms with van der Waals surface area (Å²) in [5.74, 6) is 0. The van der Waals surface area contributed by atoms with Crippen molar-refractivity contribution in [2.24, 2.45) is 0 Å².